The predicted octanol–water partition coefficient (Wildman–Crippen LogP) is 2.57. The summed E-state index contributed by atoms with van der Waals surface area (Å²) in [6, 6.07) is 6.50. The normalized spacial score (nSPS) is 18.8. The van der Waals surface area contributed by atoms with Gasteiger partial charge in [-0.05, 0) is 51.0 Å². The van der Waals surface area contributed by atoms with E-state index in [-0.39, 0.29) is 18.1 Å². The van der Waals surface area contributed by atoms with E-state index in [0.717, 1.165) is 12.8 Å². The van der Waals surface area contributed by atoms with E-state index in [1.807, 2.05) is 0 Å². The fourth-order valence-corrected chi connectivity index (χ4v) is 4.09. The molecule has 1 saturated heterocycles. The predicted molar refractivity (Wildman–Crippen MR) is 114 cm³/mol. The summed E-state index contributed by atoms with van der Waals surface area (Å²) in [5, 5.41) is 2.69. The summed E-state index contributed by atoms with van der Waals surface area (Å²) in [6.45, 7) is 5.07. The first-order valence-corrected chi connectivity index (χ1v) is 10.8. The maximum atomic E-state index is 13.0. The molecule has 1 saturated carbocycles. The first kappa shape index (κ1) is 22.9. The van der Waals surface area contributed by atoms with E-state index in [1.54, 1.807) is 29.2 Å². The standard InChI is InChI=1S/C23H30N2O6/c1-16(26)18-5-7-19(8-6-18)24-21(28)17(2)31-22(29)23(9-3-4-10-23)15-20(27)25-11-13-30-14-12-25/h5-8,17H,3-4,9-15H2,1-2H3,(H,24,28)/t17-/m1/s1. The number of benzene rings is 1. The fraction of sp³-hybridized carbons (Fsp3) is 0.565. The Morgan fingerprint density at radius 1 is 1.10 bits per heavy atom. The molecule has 1 N–H and O–H groups in total. The Bertz CT molecular complexity index is 823. The lowest BCUT2D eigenvalue weighted by atomic mass is 9.82. The smallest absolute Gasteiger partial charge is 0.313 e. The third-order valence-electron chi connectivity index (χ3n) is 6.06. The van der Waals surface area contributed by atoms with Gasteiger partial charge in [-0.15, -0.1) is 0 Å². The molecule has 1 atom stereocenters. The van der Waals surface area contributed by atoms with Crippen LogP contribution in [0.2, 0.25) is 0 Å². The molecule has 0 spiro atoms. The number of ketones is 1. The van der Waals surface area contributed by atoms with E-state index >= 15 is 0 Å². The lowest BCUT2D eigenvalue weighted by molar-refractivity contribution is -0.166. The van der Waals surface area contributed by atoms with Crippen molar-refractivity contribution in [2.45, 2.75) is 52.1 Å². The summed E-state index contributed by atoms with van der Waals surface area (Å²) < 4.78 is 10.8. The zero-order valence-corrected chi connectivity index (χ0v) is 18.1. The van der Waals surface area contributed by atoms with E-state index in [9.17, 15) is 19.2 Å². The van der Waals surface area contributed by atoms with E-state index in [1.165, 1.54) is 13.8 Å². The molecule has 1 aromatic rings. The van der Waals surface area contributed by atoms with Crippen LogP contribution in [-0.2, 0) is 23.9 Å². The Morgan fingerprint density at radius 2 is 1.71 bits per heavy atom. The molecule has 1 aliphatic carbocycles. The second-order valence-electron chi connectivity index (χ2n) is 8.33. The number of Topliss-reactive ketones (excluding diaryl/α,β-unsaturated/α-hetero) is 1. The van der Waals surface area contributed by atoms with Crippen LogP contribution < -0.4 is 5.32 Å². The topological polar surface area (TPSA) is 102 Å². The van der Waals surface area contributed by atoms with Crippen LogP contribution in [0.1, 0.15) is 56.3 Å². The van der Waals surface area contributed by atoms with Crippen LogP contribution in [0, 0.1) is 5.41 Å². The van der Waals surface area contributed by atoms with Crippen LogP contribution in [0.3, 0.4) is 0 Å². The monoisotopic (exact) mass is 430 g/mol. The van der Waals surface area contributed by atoms with Crippen LogP contribution in [0.5, 0.6) is 0 Å². The van der Waals surface area contributed by atoms with Gasteiger partial charge < -0.3 is 19.7 Å². The van der Waals surface area contributed by atoms with Gasteiger partial charge in [-0.3, -0.25) is 19.2 Å². The number of nitrogens with zero attached hydrogens (tertiary/aromatic N) is 1. The fourth-order valence-electron chi connectivity index (χ4n) is 4.09. The average Bonchev–Trinajstić information content (AvgIpc) is 3.24. The Morgan fingerprint density at radius 3 is 2.29 bits per heavy atom. The van der Waals surface area contributed by atoms with Gasteiger partial charge in [0.1, 0.15) is 0 Å². The highest BCUT2D eigenvalue weighted by Crippen LogP contribution is 2.43. The molecule has 2 fully saturated rings. The maximum Gasteiger partial charge on any atom is 0.313 e. The first-order valence-electron chi connectivity index (χ1n) is 10.8. The van der Waals surface area contributed by atoms with E-state index in [4.69, 9.17) is 9.47 Å². The highest BCUT2D eigenvalue weighted by molar-refractivity contribution is 5.97. The highest BCUT2D eigenvalue weighted by Gasteiger charge is 2.46. The summed E-state index contributed by atoms with van der Waals surface area (Å²) in [4.78, 5) is 51.4. The number of nitrogens with one attached hydrogen (secondary N) is 1. The van der Waals surface area contributed by atoms with Crippen LogP contribution in [0.4, 0.5) is 5.69 Å². The van der Waals surface area contributed by atoms with Crippen LogP contribution in [0.15, 0.2) is 24.3 Å². The second-order valence-corrected chi connectivity index (χ2v) is 8.33. The summed E-state index contributed by atoms with van der Waals surface area (Å²) in [7, 11) is 0. The molecule has 0 radical (unpaired) electrons. The summed E-state index contributed by atoms with van der Waals surface area (Å²) in [5.41, 5.74) is 0.189. The summed E-state index contributed by atoms with van der Waals surface area (Å²) >= 11 is 0. The molecule has 1 aromatic carbocycles. The molecule has 0 aromatic heterocycles. The molecule has 8 heteroatoms. The summed E-state index contributed by atoms with van der Waals surface area (Å²) in [5.74, 6) is -1.07. The molecule has 2 aliphatic rings. The van der Waals surface area contributed by atoms with Crippen molar-refractivity contribution in [1.29, 1.82) is 0 Å². The van der Waals surface area contributed by atoms with Crippen molar-refractivity contribution in [3.05, 3.63) is 29.8 Å². The number of carbonyl (C=O) groups is 4. The number of anilines is 1. The largest absolute Gasteiger partial charge is 0.452 e. The zero-order valence-electron chi connectivity index (χ0n) is 18.1. The van der Waals surface area contributed by atoms with Gasteiger partial charge in [0, 0.05) is 30.8 Å². The van der Waals surface area contributed by atoms with Crippen LogP contribution >= 0.6 is 0 Å². The molecule has 0 bridgehead atoms. The number of hydrogen-bond donors (Lipinski definition) is 1. The lowest BCUT2D eigenvalue weighted by Gasteiger charge is -2.32. The van der Waals surface area contributed by atoms with Gasteiger partial charge in [0.05, 0.1) is 18.6 Å². The van der Waals surface area contributed by atoms with Crippen molar-refractivity contribution in [2.24, 2.45) is 5.41 Å². The van der Waals surface area contributed by atoms with Crippen molar-refractivity contribution >= 4 is 29.3 Å². The molecule has 0 unspecified atom stereocenters. The quantitative estimate of drug-likeness (QED) is 0.527. The SMILES string of the molecule is CC(=O)c1ccc(NC(=O)[C@@H](C)OC(=O)C2(CC(=O)N3CCOCC3)CCCC2)cc1. The number of ether oxygens (including phenoxy) is 2. The van der Waals surface area contributed by atoms with Crippen molar-refractivity contribution < 1.29 is 28.7 Å². The minimum atomic E-state index is -1.00. The Balaban J connectivity index is 1.59. The van der Waals surface area contributed by atoms with Gasteiger partial charge in [-0.1, -0.05) is 12.8 Å². The van der Waals surface area contributed by atoms with Gasteiger partial charge in [0.2, 0.25) is 5.91 Å². The van der Waals surface area contributed by atoms with E-state index in [2.05, 4.69) is 5.32 Å². The van der Waals surface area contributed by atoms with E-state index < -0.39 is 23.4 Å². The van der Waals surface area contributed by atoms with Gasteiger partial charge >= 0.3 is 5.97 Å². The maximum absolute atomic E-state index is 13.0. The minimum absolute atomic E-state index is 0.0614. The molecular weight excluding hydrogens is 400 g/mol. The minimum Gasteiger partial charge on any atom is -0.452 e. The molecule has 1 heterocycles. The molecule has 168 valence electrons. The van der Waals surface area contributed by atoms with Crippen molar-refractivity contribution in [1.82, 2.24) is 4.90 Å². The number of amides is 2. The van der Waals surface area contributed by atoms with Crippen molar-refractivity contribution in [3.8, 4) is 0 Å². The molecular formula is C23H30N2O6. The molecule has 8 nitrogen and oxygen atoms in total. The zero-order chi connectivity index (χ0) is 22.4. The number of morpholine rings is 1. The van der Waals surface area contributed by atoms with Crippen LogP contribution in [0.25, 0.3) is 0 Å². The molecule has 3 rings (SSSR count). The Hall–Kier alpha value is -2.74. The summed E-state index contributed by atoms with van der Waals surface area (Å²) in [6.07, 6.45) is 1.98. The molecule has 2 amide bonds. The number of hydrogen-bond acceptors (Lipinski definition) is 6. The molecule has 1 aliphatic heterocycles. The highest BCUT2D eigenvalue weighted by atomic mass is 16.5. The second kappa shape index (κ2) is 10.0. The van der Waals surface area contributed by atoms with Gasteiger partial charge in [-0.2, -0.15) is 0 Å². The number of rotatable bonds is 7. The third-order valence-corrected chi connectivity index (χ3v) is 6.06. The lowest BCUT2D eigenvalue weighted by Crippen LogP contribution is -2.45. The molecule has 31 heavy (non-hydrogen) atoms. The third kappa shape index (κ3) is 5.70. The average molecular weight is 431 g/mol. The Labute approximate surface area is 182 Å². The number of esters is 1. The van der Waals surface area contributed by atoms with E-state index in [0.29, 0.717) is 50.4 Å². The van der Waals surface area contributed by atoms with Gasteiger partial charge in [0.15, 0.2) is 11.9 Å². The van der Waals surface area contributed by atoms with Gasteiger partial charge in [0.25, 0.3) is 5.91 Å². The first-order chi connectivity index (χ1) is 14.8. The van der Waals surface area contributed by atoms with Crippen LogP contribution in [-0.4, -0.2) is 60.9 Å². The van der Waals surface area contributed by atoms with Gasteiger partial charge in [-0.25, -0.2) is 0 Å². The van der Waals surface area contributed by atoms with Crippen molar-refractivity contribution in [3.63, 3.8) is 0 Å². The Kier molecular flexibility index (Phi) is 7.43. The van der Waals surface area contributed by atoms with Crippen molar-refractivity contribution in [2.75, 3.05) is 31.6 Å². The number of carbonyl (C=O) groups excluding carboxylic acids is 4.